The molecule has 7 heteroatoms. The fraction of sp³-hybridized carbons (Fsp3) is 0.350. The molecule has 1 N–H and O–H groups in total. The third kappa shape index (κ3) is 6.21. The predicted molar refractivity (Wildman–Crippen MR) is 99.6 cm³/mol. The number of hydrogen-bond donors (Lipinski definition) is 1. The highest BCUT2D eigenvalue weighted by Gasteiger charge is 2.17. The molecule has 2 aromatic carbocycles. The molecule has 5 nitrogen and oxygen atoms in total. The van der Waals surface area contributed by atoms with Crippen molar-refractivity contribution < 1.29 is 23.0 Å². The molecule has 0 aromatic heterocycles. The van der Waals surface area contributed by atoms with Gasteiger partial charge >= 0.3 is 6.61 Å². The summed E-state index contributed by atoms with van der Waals surface area (Å²) >= 11 is 0. The second kappa shape index (κ2) is 9.87. The molecule has 0 bridgehead atoms. The highest BCUT2D eigenvalue weighted by Crippen LogP contribution is 2.29. The minimum Gasteiger partial charge on any atom is -0.493 e. The summed E-state index contributed by atoms with van der Waals surface area (Å²) in [5.74, 6) is -0.340. The molecule has 0 fully saturated rings. The second-order valence-electron chi connectivity index (χ2n) is 6.26. The van der Waals surface area contributed by atoms with Crippen LogP contribution in [0.2, 0.25) is 0 Å². The number of carbonyl (C=O) groups excluding carboxylic acids is 1. The van der Waals surface area contributed by atoms with Crippen LogP contribution in [0, 0.1) is 0 Å². The summed E-state index contributed by atoms with van der Waals surface area (Å²) in [6, 6.07) is 14.2. The molecule has 0 saturated heterocycles. The zero-order chi connectivity index (χ0) is 19.8. The number of likely N-dealkylation sites (N-methyl/N-ethyl adjacent to an activating group) is 1. The van der Waals surface area contributed by atoms with Crippen molar-refractivity contribution in [3.63, 3.8) is 0 Å². The molecule has 0 unspecified atom stereocenters. The van der Waals surface area contributed by atoms with Crippen LogP contribution in [-0.2, 0) is 6.42 Å². The Balaban J connectivity index is 2.02. The average molecular weight is 378 g/mol. The van der Waals surface area contributed by atoms with Crippen molar-refractivity contribution in [2.75, 3.05) is 27.7 Å². The standard InChI is InChI=1S/C20H24F2N2O3/c1-24(2)16(11-14-7-5-4-6-8-14)13-23-19(25)15-9-10-17(27-20(21)22)18(12-15)26-3/h4-10,12,16,20H,11,13H2,1-3H3,(H,23,25)/t16-/m0/s1. The quantitative estimate of drug-likeness (QED) is 0.728. The van der Waals surface area contributed by atoms with Gasteiger partial charge in [-0.25, -0.2) is 0 Å². The first-order chi connectivity index (χ1) is 12.9. The van der Waals surface area contributed by atoms with Gasteiger partial charge in [0, 0.05) is 18.2 Å². The number of nitrogens with one attached hydrogen (secondary N) is 1. The number of methoxy groups -OCH3 is 1. The SMILES string of the molecule is COc1cc(C(=O)NC[C@H](Cc2ccccc2)N(C)C)ccc1OC(F)F. The first kappa shape index (κ1) is 20.6. The van der Waals surface area contributed by atoms with Crippen molar-refractivity contribution in [2.24, 2.45) is 0 Å². The average Bonchev–Trinajstić information content (AvgIpc) is 2.65. The number of rotatable bonds is 9. The third-order valence-electron chi connectivity index (χ3n) is 4.18. The van der Waals surface area contributed by atoms with Gasteiger partial charge in [-0.2, -0.15) is 8.78 Å². The van der Waals surface area contributed by atoms with Gasteiger partial charge in [-0.15, -0.1) is 0 Å². The van der Waals surface area contributed by atoms with E-state index in [2.05, 4.69) is 10.1 Å². The van der Waals surface area contributed by atoms with Crippen molar-refractivity contribution in [3.8, 4) is 11.5 Å². The van der Waals surface area contributed by atoms with E-state index in [1.165, 1.54) is 30.9 Å². The minimum absolute atomic E-state index is 0.0800. The molecule has 0 aliphatic heterocycles. The van der Waals surface area contributed by atoms with Gasteiger partial charge in [0.25, 0.3) is 5.91 Å². The van der Waals surface area contributed by atoms with E-state index in [0.717, 1.165) is 6.42 Å². The summed E-state index contributed by atoms with van der Waals surface area (Å²) in [7, 11) is 5.25. The van der Waals surface area contributed by atoms with Gasteiger partial charge in [-0.3, -0.25) is 4.79 Å². The molecule has 146 valence electrons. The van der Waals surface area contributed by atoms with Gasteiger partial charge in [0.1, 0.15) is 0 Å². The maximum Gasteiger partial charge on any atom is 0.387 e. The smallest absolute Gasteiger partial charge is 0.387 e. The molecule has 27 heavy (non-hydrogen) atoms. The maximum absolute atomic E-state index is 12.5. The molecule has 0 saturated carbocycles. The van der Waals surface area contributed by atoms with Crippen molar-refractivity contribution in [2.45, 2.75) is 19.1 Å². The predicted octanol–water partition coefficient (Wildman–Crippen LogP) is 3.20. The van der Waals surface area contributed by atoms with E-state index in [0.29, 0.717) is 12.1 Å². The van der Waals surface area contributed by atoms with E-state index in [9.17, 15) is 13.6 Å². The van der Waals surface area contributed by atoms with E-state index in [1.807, 2.05) is 49.3 Å². The van der Waals surface area contributed by atoms with E-state index in [1.54, 1.807) is 0 Å². The van der Waals surface area contributed by atoms with Crippen LogP contribution >= 0.6 is 0 Å². The summed E-state index contributed by atoms with van der Waals surface area (Å²) < 4.78 is 34.2. The van der Waals surface area contributed by atoms with Crippen LogP contribution in [-0.4, -0.2) is 51.2 Å². The van der Waals surface area contributed by atoms with Crippen molar-refractivity contribution >= 4 is 5.91 Å². The van der Waals surface area contributed by atoms with Gasteiger partial charge in [-0.05, 0) is 44.3 Å². The van der Waals surface area contributed by atoms with Crippen LogP contribution in [0.3, 0.4) is 0 Å². The monoisotopic (exact) mass is 378 g/mol. The molecule has 2 rings (SSSR count). The Bertz CT molecular complexity index is 739. The number of alkyl halides is 2. The molecule has 0 heterocycles. The molecule has 0 radical (unpaired) electrons. The number of carbonyl (C=O) groups is 1. The largest absolute Gasteiger partial charge is 0.493 e. The number of hydrogen-bond acceptors (Lipinski definition) is 4. The Kier molecular flexibility index (Phi) is 7.55. The van der Waals surface area contributed by atoms with E-state index >= 15 is 0 Å². The Morgan fingerprint density at radius 2 is 1.81 bits per heavy atom. The van der Waals surface area contributed by atoms with Crippen molar-refractivity contribution in [1.29, 1.82) is 0 Å². The van der Waals surface area contributed by atoms with Crippen LogP contribution in [0.25, 0.3) is 0 Å². The van der Waals surface area contributed by atoms with Gasteiger partial charge in [0.15, 0.2) is 11.5 Å². The van der Waals surface area contributed by atoms with Crippen LogP contribution in [0.1, 0.15) is 15.9 Å². The minimum atomic E-state index is -2.96. The molecule has 2 aromatic rings. The molecule has 1 atom stereocenters. The summed E-state index contributed by atoms with van der Waals surface area (Å²) in [6.45, 7) is -2.52. The lowest BCUT2D eigenvalue weighted by atomic mass is 10.0. The number of benzene rings is 2. The third-order valence-corrected chi connectivity index (χ3v) is 4.18. The van der Waals surface area contributed by atoms with Gasteiger partial charge < -0.3 is 19.7 Å². The molecule has 0 aliphatic carbocycles. The van der Waals surface area contributed by atoms with Crippen molar-refractivity contribution in [3.05, 3.63) is 59.7 Å². The highest BCUT2D eigenvalue weighted by atomic mass is 19.3. The molecule has 1 amide bonds. The molecule has 0 spiro atoms. The highest BCUT2D eigenvalue weighted by molar-refractivity contribution is 5.94. The van der Waals surface area contributed by atoms with Gasteiger partial charge in [0.05, 0.1) is 7.11 Å². The van der Waals surface area contributed by atoms with Crippen molar-refractivity contribution in [1.82, 2.24) is 10.2 Å². The first-order valence-corrected chi connectivity index (χ1v) is 8.52. The topological polar surface area (TPSA) is 50.8 Å². The Labute approximate surface area is 157 Å². The Hall–Kier alpha value is -2.67. The van der Waals surface area contributed by atoms with Gasteiger partial charge in [0.2, 0.25) is 0 Å². The molecule has 0 aliphatic rings. The zero-order valence-electron chi connectivity index (χ0n) is 15.6. The second-order valence-corrected chi connectivity index (χ2v) is 6.26. The maximum atomic E-state index is 12.5. The summed E-state index contributed by atoms with van der Waals surface area (Å²) in [4.78, 5) is 14.5. The first-order valence-electron chi connectivity index (χ1n) is 8.52. The lowest BCUT2D eigenvalue weighted by molar-refractivity contribution is -0.0512. The fourth-order valence-corrected chi connectivity index (χ4v) is 2.64. The number of nitrogens with zero attached hydrogens (tertiary/aromatic N) is 1. The number of ether oxygens (including phenoxy) is 2. The van der Waals surface area contributed by atoms with Gasteiger partial charge in [-0.1, -0.05) is 30.3 Å². The lowest BCUT2D eigenvalue weighted by Gasteiger charge is -2.25. The van der Waals surface area contributed by atoms with Crippen LogP contribution < -0.4 is 14.8 Å². The van der Waals surface area contributed by atoms with Crippen LogP contribution in [0.15, 0.2) is 48.5 Å². The molecular formula is C20H24F2N2O3. The van der Waals surface area contributed by atoms with E-state index < -0.39 is 6.61 Å². The van der Waals surface area contributed by atoms with Crippen LogP contribution in [0.4, 0.5) is 8.78 Å². The van der Waals surface area contributed by atoms with E-state index in [-0.39, 0.29) is 23.4 Å². The fourth-order valence-electron chi connectivity index (χ4n) is 2.64. The number of halogens is 2. The number of amides is 1. The van der Waals surface area contributed by atoms with Crippen LogP contribution in [0.5, 0.6) is 11.5 Å². The summed E-state index contributed by atoms with van der Waals surface area (Å²) in [6.07, 6.45) is 0.790. The normalized spacial score (nSPS) is 12.1. The zero-order valence-corrected chi connectivity index (χ0v) is 15.6. The Morgan fingerprint density at radius 1 is 1.11 bits per heavy atom. The van der Waals surface area contributed by atoms with E-state index in [4.69, 9.17) is 4.74 Å². The lowest BCUT2D eigenvalue weighted by Crippen LogP contribution is -2.41. The Morgan fingerprint density at radius 3 is 2.41 bits per heavy atom. The summed E-state index contributed by atoms with van der Waals surface area (Å²) in [5.41, 5.74) is 1.49. The summed E-state index contributed by atoms with van der Waals surface area (Å²) in [5, 5.41) is 2.89. The molecular weight excluding hydrogens is 354 g/mol.